The molecule has 3 heterocycles. The molecule has 0 aromatic rings. The van der Waals surface area contributed by atoms with Crippen LogP contribution in [0.4, 0.5) is 0 Å². The van der Waals surface area contributed by atoms with Gasteiger partial charge in [0.05, 0.1) is 6.61 Å². The molecule has 0 aromatic heterocycles. The maximum Gasteiger partial charge on any atom is 0.219 e. The number of likely N-dealkylation sites (tertiary alicyclic amines) is 2. The Labute approximate surface area is 116 Å². The Balaban J connectivity index is 1.55. The summed E-state index contributed by atoms with van der Waals surface area (Å²) in [6.07, 6.45) is 4.97. The third kappa shape index (κ3) is 2.95. The van der Waals surface area contributed by atoms with Crippen LogP contribution in [0.1, 0.15) is 32.6 Å². The van der Waals surface area contributed by atoms with Crippen molar-refractivity contribution in [2.24, 2.45) is 11.3 Å². The molecule has 3 rings (SSSR count). The third-order valence-corrected chi connectivity index (χ3v) is 5.16. The van der Waals surface area contributed by atoms with Crippen LogP contribution >= 0.6 is 0 Å². The standard InChI is InChI=1S/C15H26N2O2/c1-13(18)17-6-2-4-15(12-17)5-7-16(11-15)9-14-3-8-19-10-14/h14H,2-12H2,1H3. The fourth-order valence-electron chi connectivity index (χ4n) is 4.09. The van der Waals surface area contributed by atoms with E-state index in [4.69, 9.17) is 4.74 Å². The normalized spacial score (nSPS) is 36.3. The monoisotopic (exact) mass is 266 g/mol. The van der Waals surface area contributed by atoms with Gasteiger partial charge in [-0.3, -0.25) is 4.79 Å². The van der Waals surface area contributed by atoms with Crippen LogP contribution in [0.25, 0.3) is 0 Å². The van der Waals surface area contributed by atoms with Crippen LogP contribution in [0.3, 0.4) is 0 Å². The highest BCUT2D eigenvalue weighted by molar-refractivity contribution is 5.73. The Kier molecular flexibility index (Phi) is 3.81. The molecule has 4 heteroatoms. The van der Waals surface area contributed by atoms with E-state index in [1.54, 1.807) is 6.92 Å². The van der Waals surface area contributed by atoms with Gasteiger partial charge in [-0.15, -0.1) is 0 Å². The molecular formula is C15H26N2O2. The first-order valence-corrected chi connectivity index (χ1v) is 7.73. The van der Waals surface area contributed by atoms with Crippen molar-refractivity contribution < 1.29 is 9.53 Å². The predicted molar refractivity (Wildman–Crippen MR) is 73.9 cm³/mol. The van der Waals surface area contributed by atoms with Crippen molar-refractivity contribution in [1.82, 2.24) is 9.80 Å². The zero-order valence-corrected chi connectivity index (χ0v) is 12.1. The molecule has 3 fully saturated rings. The molecule has 2 unspecified atom stereocenters. The molecule has 3 saturated heterocycles. The number of rotatable bonds is 2. The molecule has 0 aliphatic carbocycles. The van der Waals surface area contributed by atoms with E-state index in [1.165, 1.54) is 45.3 Å². The van der Waals surface area contributed by atoms with Gasteiger partial charge < -0.3 is 14.5 Å². The van der Waals surface area contributed by atoms with Crippen LogP contribution in [0.5, 0.6) is 0 Å². The zero-order chi connectivity index (χ0) is 13.3. The minimum absolute atomic E-state index is 0.252. The number of amides is 1. The van der Waals surface area contributed by atoms with E-state index in [1.807, 2.05) is 0 Å². The molecule has 1 spiro atoms. The molecule has 4 nitrogen and oxygen atoms in total. The summed E-state index contributed by atoms with van der Waals surface area (Å²) in [7, 11) is 0. The summed E-state index contributed by atoms with van der Waals surface area (Å²) >= 11 is 0. The SMILES string of the molecule is CC(=O)N1CCCC2(CCN(CC3CCOC3)C2)C1. The molecule has 0 saturated carbocycles. The number of carbonyl (C=O) groups excluding carboxylic acids is 1. The topological polar surface area (TPSA) is 32.8 Å². The Bertz CT molecular complexity index is 341. The fourth-order valence-corrected chi connectivity index (χ4v) is 4.09. The summed E-state index contributed by atoms with van der Waals surface area (Å²) in [5.74, 6) is 0.990. The number of nitrogens with zero attached hydrogens (tertiary/aromatic N) is 2. The summed E-state index contributed by atoms with van der Waals surface area (Å²) in [4.78, 5) is 16.3. The molecule has 3 aliphatic heterocycles. The van der Waals surface area contributed by atoms with Crippen molar-refractivity contribution in [3.05, 3.63) is 0 Å². The van der Waals surface area contributed by atoms with E-state index in [0.29, 0.717) is 5.41 Å². The van der Waals surface area contributed by atoms with Crippen molar-refractivity contribution in [1.29, 1.82) is 0 Å². The lowest BCUT2D eigenvalue weighted by Crippen LogP contribution is -2.46. The lowest BCUT2D eigenvalue weighted by atomic mass is 9.79. The quantitative estimate of drug-likeness (QED) is 0.756. The molecule has 0 N–H and O–H groups in total. The Morgan fingerprint density at radius 3 is 2.95 bits per heavy atom. The molecule has 108 valence electrons. The largest absolute Gasteiger partial charge is 0.381 e. The van der Waals surface area contributed by atoms with Crippen LogP contribution in [0, 0.1) is 11.3 Å². The van der Waals surface area contributed by atoms with Gasteiger partial charge in [-0.2, -0.15) is 0 Å². The van der Waals surface area contributed by atoms with E-state index in [-0.39, 0.29) is 5.91 Å². The number of carbonyl (C=O) groups is 1. The van der Waals surface area contributed by atoms with Gasteiger partial charge in [-0.1, -0.05) is 0 Å². The van der Waals surface area contributed by atoms with Gasteiger partial charge in [0.15, 0.2) is 0 Å². The van der Waals surface area contributed by atoms with Gasteiger partial charge in [-0.05, 0) is 38.1 Å². The van der Waals surface area contributed by atoms with Crippen LogP contribution in [0.2, 0.25) is 0 Å². The summed E-state index contributed by atoms with van der Waals surface area (Å²) in [6.45, 7) is 9.15. The lowest BCUT2D eigenvalue weighted by molar-refractivity contribution is -0.132. The van der Waals surface area contributed by atoms with E-state index in [9.17, 15) is 4.79 Å². The first-order chi connectivity index (χ1) is 9.17. The van der Waals surface area contributed by atoms with Gasteiger partial charge >= 0.3 is 0 Å². The molecule has 19 heavy (non-hydrogen) atoms. The van der Waals surface area contributed by atoms with Gasteiger partial charge in [0.25, 0.3) is 0 Å². The van der Waals surface area contributed by atoms with E-state index in [2.05, 4.69) is 9.80 Å². The maximum absolute atomic E-state index is 11.6. The van der Waals surface area contributed by atoms with E-state index in [0.717, 1.165) is 32.2 Å². The van der Waals surface area contributed by atoms with Gasteiger partial charge in [-0.25, -0.2) is 0 Å². The highest BCUT2D eigenvalue weighted by atomic mass is 16.5. The van der Waals surface area contributed by atoms with Crippen molar-refractivity contribution in [3.8, 4) is 0 Å². The maximum atomic E-state index is 11.6. The molecule has 2 atom stereocenters. The highest BCUT2D eigenvalue weighted by Gasteiger charge is 2.42. The van der Waals surface area contributed by atoms with Crippen molar-refractivity contribution in [2.75, 3.05) is 45.9 Å². The summed E-state index contributed by atoms with van der Waals surface area (Å²) < 4.78 is 5.47. The second kappa shape index (κ2) is 5.41. The fraction of sp³-hybridized carbons (Fsp3) is 0.933. The number of ether oxygens (including phenoxy) is 1. The van der Waals surface area contributed by atoms with Gasteiger partial charge in [0, 0.05) is 45.1 Å². The van der Waals surface area contributed by atoms with Gasteiger partial charge in [0.2, 0.25) is 5.91 Å². The first-order valence-electron chi connectivity index (χ1n) is 7.73. The minimum atomic E-state index is 0.252. The number of hydrogen-bond donors (Lipinski definition) is 0. The van der Waals surface area contributed by atoms with E-state index >= 15 is 0 Å². The molecule has 0 radical (unpaired) electrons. The zero-order valence-electron chi connectivity index (χ0n) is 12.1. The molecule has 3 aliphatic rings. The first kappa shape index (κ1) is 13.4. The summed E-state index contributed by atoms with van der Waals surface area (Å²) in [5.41, 5.74) is 0.392. The van der Waals surface area contributed by atoms with E-state index < -0.39 is 0 Å². The van der Waals surface area contributed by atoms with Crippen molar-refractivity contribution >= 4 is 5.91 Å². The summed E-state index contributed by atoms with van der Waals surface area (Å²) in [5, 5.41) is 0. The molecule has 0 bridgehead atoms. The average Bonchev–Trinajstić information content (AvgIpc) is 3.01. The van der Waals surface area contributed by atoms with Crippen molar-refractivity contribution in [2.45, 2.75) is 32.6 Å². The van der Waals surface area contributed by atoms with Crippen LogP contribution in [0.15, 0.2) is 0 Å². The molecule has 0 aromatic carbocycles. The second-order valence-electron chi connectivity index (χ2n) is 6.76. The Morgan fingerprint density at radius 2 is 2.21 bits per heavy atom. The average molecular weight is 266 g/mol. The Hall–Kier alpha value is -0.610. The Morgan fingerprint density at radius 1 is 1.32 bits per heavy atom. The third-order valence-electron chi connectivity index (χ3n) is 5.16. The van der Waals surface area contributed by atoms with Crippen molar-refractivity contribution in [3.63, 3.8) is 0 Å². The van der Waals surface area contributed by atoms with Crippen LogP contribution < -0.4 is 0 Å². The van der Waals surface area contributed by atoms with Crippen LogP contribution in [-0.2, 0) is 9.53 Å². The predicted octanol–water partition coefficient (Wildman–Crippen LogP) is 1.36. The lowest BCUT2D eigenvalue weighted by Gasteiger charge is -2.40. The smallest absolute Gasteiger partial charge is 0.219 e. The van der Waals surface area contributed by atoms with Gasteiger partial charge in [0.1, 0.15) is 0 Å². The minimum Gasteiger partial charge on any atom is -0.381 e. The molecule has 1 amide bonds. The highest BCUT2D eigenvalue weighted by Crippen LogP contribution is 2.39. The van der Waals surface area contributed by atoms with Crippen LogP contribution in [-0.4, -0.2) is 61.6 Å². The second-order valence-corrected chi connectivity index (χ2v) is 6.76. The number of hydrogen-bond acceptors (Lipinski definition) is 3. The summed E-state index contributed by atoms with van der Waals surface area (Å²) in [6, 6.07) is 0. The number of piperidine rings is 1. The molecular weight excluding hydrogens is 240 g/mol.